The van der Waals surface area contributed by atoms with Gasteiger partial charge in [0.15, 0.2) is 0 Å². The number of anilines is 1. The topological polar surface area (TPSA) is 83.4 Å². The maximum Gasteiger partial charge on any atom is 0.327 e. The Morgan fingerprint density at radius 1 is 1.29 bits per heavy atom. The molecule has 2 aromatic rings. The zero-order valence-electron chi connectivity index (χ0n) is 10.7. The van der Waals surface area contributed by atoms with Crippen molar-refractivity contribution in [2.24, 2.45) is 0 Å². The van der Waals surface area contributed by atoms with Crippen LogP contribution in [0.5, 0.6) is 0 Å². The molecule has 0 saturated heterocycles. The first-order valence-corrected chi connectivity index (χ1v) is 6.57. The highest BCUT2D eigenvalue weighted by Crippen LogP contribution is 2.33. The summed E-state index contributed by atoms with van der Waals surface area (Å²) in [7, 11) is 0. The highest BCUT2D eigenvalue weighted by atomic mass is 35.5. The lowest BCUT2D eigenvalue weighted by Gasteiger charge is -2.22. The van der Waals surface area contributed by atoms with Crippen molar-refractivity contribution < 1.29 is 14.7 Å². The summed E-state index contributed by atoms with van der Waals surface area (Å²) in [5.41, 5.74) is 1.41. The predicted octanol–water partition coefficient (Wildman–Crippen LogP) is 1.79. The highest BCUT2D eigenvalue weighted by Gasteiger charge is 2.39. The van der Waals surface area contributed by atoms with E-state index in [1.54, 1.807) is 12.1 Å². The van der Waals surface area contributed by atoms with E-state index in [4.69, 9.17) is 11.6 Å². The van der Waals surface area contributed by atoms with Gasteiger partial charge < -0.3 is 5.11 Å². The summed E-state index contributed by atoms with van der Waals surface area (Å²) >= 11 is 5.73. The SMILES string of the molecule is O=C(O)[C@@H]1Cc2ccccc2N1C(=O)c1cncc(Cl)n1. The van der Waals surface area contributed by atoms with Crippen molar-refractivity contribution in [2.45, 2.75) is 12.5 Å². The smallest absolute Gasteiger partial charge is 0.327 e. The minimum atomic E-state index is -1.06. The molecule has 1 aromatic carbocycles. The van der Waals surface area contributed by atoms with Crippen LogP contribution in [0.1, 0.15) is 16.1 Å². The van der Waals surface area contributed by atoms with Crippen LogP contribution in [0.4, 0.5) is 5.69 Å². The van der Waals surface area contributed by atoms with Crippen LogP contribution < -0.4 is 4.90 Å². The quantitative estimate of drug-likeness (QED) is 0.914. The molecule has 0 radical (unpaired) electrons. The second kappa shape index (κ2) is 5.14. The van der Waals surface area contributed by atoms with E-state index in [1.807, 2.05) is 12.1 Å². The molecule has 0 unspecified atom stereocenters. The summed E-state index contributed by atoms with van der Waals surface area (Å²) < 4.78 is 0. The van der Waals surface area contributed by atoms with E-state index < -0.39 is 17.9 Å². The number of hydrogen-bond donors (Lipinski definition) is 1. The first kappa shape index (κ1) is 13.5. The third-order valence-electron chi connectivity index (χ3n) is 3.30. The number of carboxylic acid groups (broad SMARTS) is 1. The minimum Gasteiger partial charge on any atom is -0.480 e. The Bertz CT molecular complexity index is 735. The second-order valence-corrected chi connectivity index (χ2v) is 4.98. The Morgan fingerprint density at radius 3 is 2.76 bits per heavy atom. The monoisotopic (exact) mass is 303 g/mol. The molecule has 0 spiro atoms. The predicted molar refractivity (Wildman–Crippen MR) is 75.4 cm³/mol. The molecular weight excluding hydrogens is 294 g/mol. The molecule has 7 heteroatoms. The van der Waals surface area contributed by atoms with Gasteiger partial charge in [0.2, 0.25) is 0 Å². The van der Waals surface area contributed by atoms with Crippen LogP contribution in [0.15, 0.2) is 36.7 Å². The Morgan fingerprint density at radius 2 is 2.05 bits per heavy atom. The van der Waals surface area contributed by atoms with E-state index >= 15 is 0 Å². The summed E-state index contributed by atoms with van der Waals surface area (Å²) in [6.07, 6.45) is 2.85. The molecule has 1 N–H and O–H groups in total. The summed E-state index contributed by atoms with van der Waals surface area (Å²) in [6.45, 7) is 0. The molecule has 1 atom stereocenters. The van der Waals surface area contributed by atoms with Gasteiger partial charge in [-0.05, 0) is 11.6 Å². The normalized spacial score (nSPS) is 16.6. The molecule has 1 amide bonds. The van der Waals surface area contributed by atoms with Crippen molar-refractivity contribution in [2.75, 3.05) is 4.90 Å². The molecule has 106 valence electrons. The second-order valence-electron chi connectivity index (χ2n) is 4.59. The first-order chi connectivity index (χ1) is 10.1. The zero-order valence-corrected chi connectivity index (χ0v) is 11.5. The number of nitrogens with zero attached hydrogens (tertiary/aromatic N) is 3. The number of amides is 1. The van der Waals surface area contributed by atoms with E-state index in [0.717, 1.165) is 5.56 Å². The Balaban J connectivity index is 2.05. The minimum absolute atomic E-state index is 0.0189. The van der Waals surface area contributed by atoms with Crippen LogP contribution in [-0.2, 0) is 11.2 Å². The molecule has 0 aliphatic carbocycles. The molecule has 1 aliphatic rings. The number of para-hydroxylation sites is 1. The average molecular weight is 304 g/mol. The molecule has 6 nitrogen and oxygen atoms in total. The fraction of sp³-hybridized carbons (Fsp3) is 0.143. The molecule has 3 rings (SSSR count). The Labute approximate surface area is 125 Å². The zero-order chi connectivity index (χ0) is 15.0. The summed E-state index contributed by atoms with van der Waals surface area (Å²) in [5.74, 6) is -1.59. The van der Waals surface area contributed by atoms with Gasteiger partial charge in [-0.15, -0.1) is 0 Å². The molecule has 21 heavy (non-hydrogen) atoms. The van der Waals surface area contributed by atoms with Crippen LogP contribution in [0.2, 0.25) is 5.15 Å². The maximum absolute atomic E-state index is 12.6. The first-order valence-electron chi connectivity index (χ1n) is 6.20. The summed E-state index contributed by atoms with van der Waals surface area (Å²) in [5, 5.41) is 9.43. The molecule has 1 aliphatic heterocycles. The van der Waals surface area contributed by atoms with Crippen molar-refractivity contribution in [1.29, 1.82) is 0 Å². The lowest BCUT2D eigenvalue weighted by molar-refractivity contribution is -0.138. The molecule has 2 heterocycles. The number of aliphatic carboxylic acids is 1. The van der Waals surface area contributed by atoms with Gasteiger partial charge >= 0.3 is 5.97 Å². The number of carbonyl (C=O) groups excluding carboxylic acids is 1. The van der Waals surface area contributed by atoms with Crippen LogP contribution in [0, 0.1) is 0 Å². The van der Waals surface area contributed by atoms with E-state index in [1.165, 1.54) is 17.3 Å². The van der Waals surface area contributed by atoms with Gasteiger partial charge in [-0.25, -0.2) is 9.78 Å². The lowest BCUT2D eigenvalue weighted by Crippen LogP contribution is -2.43. The number of carboxylic acids is 1. The third-order valence-corrected chi connectivity index (χ3v) is 3.49. The number of rotatable bonds is 2. The van der Waals surface area contributed by atoms with E-state index in [0.29, 0.717) is 5.69 Å². The molecule has 0 saturated carbocycles. The number of halogens is 1. The van der Waals surface area contributed by atoms with Gasteiger partial charge in [-0.1, -0.05) is 29.8 Å². The van der Waals surface area contributed by atoms with Crippen molar-refractivity contribution in [3.05, 3.63) is 53.1 Å². The fourth-order valence-corrected chi connectivity index (χ4v) is 2.55. The number of fused-ring (bicyclic) bond motifs is 1. The summed E-state index contributed by atoms with van der Waals surface area (Å²) in [4.78, 5) is 33.0. The number of carbonyl (C=O) groups is 2. The van der Waals surface area contributed by atoms with Crippen molar-refractivity contribution in [1.82, 2.24) is 9.97 Å². The van der Waals surface area contributed by atoms with Crippen molar-refractivity contribution in [3.8, 4) is 0 Å². The fourth-order valence-electron chi connectivity index (χ4n) is 2.40. The number of hydrogen-bond acceptors (Lipinski definition) is 4. The van der Waals surface area contributed by atoms with Gasteiger partial charge in [-0.2, -0.15) is 0 Å². The Hall–Kier alpha value is -2.47. The number of benzene rings is 1. The van der Waals surface area contributed by atoms with Gasteiger partial charge in [0.05, 0.1) is 12.4 Å². The molecular formula is C14H10ClN3O3. The van der Waals surface area contributed by atoms with Gasteiger partial charge in [0.25, 0.3) is 5.91 Å². The largest absolute Gasteiger partial charge is 0.480 e. The van der Waals surface area contributed by atoms with E-state index in [-0.39, 0.29) is 17.3 Å². The standard InChI is InChI=1S/C14H10ClN3O3/c15-12-7-16-6-9(17-12)13(19)18-10-4-2-1-3-8(10)5-11(18)14(20)21/h1-4,6-7,11H,5H2,(H,20,21)/t11-/m0/s1. The molecule has 1 aromatic heterocycles. The van der Waals surface area contributed by atoms with E-state index in [9.17, 15) is 14.7 Å². The Kier molecular flexibility index (Phi) is 3.31. The van der Waals surface area contributed by atoms with Crippen molar-refractivity contribution in [3.63, 3.8) is 0 Å². The van der Waals surface area contributed by atoms with Gasteiger partial charge in [0.1, 0.15) is 16.9 Å². The van der Waals surface area contributed by atoms with Crippen LogP contribution in [-0.4, -0.2) is 33.0 Å². The molecule has 0 fully saturated rings. The van der Waals surface area contributed by atoms with Crippen LogP contribution in [0.3, 0.4) is 0 Å². The van der Waals surface area contributed by atoms with Gasteiger partial charge in [0, 0.05) is 12.1 Å². The number of aromatic nitrogens is 2. The molecule has 0 bridgehead atoms. The highest BCUT2D eigenvalue weighted by molar-refractivity contribution is 6.29. The third kappa shape index (κ3) is 2.34. The van der Waals surface area contributed by atoms with Crippen molar-refractivity contribution >= 4 is 29.2 Å². The van der Waals surface area contributed by atoms with Gasteiger partial charge in [-0.3, -0.25) is 14.7 Å². The average Bonchev–Trinajstić information content (AvgIpc) is 2.86. The maximum atomic E-state index is 12.6. The lowest BCUT2D eigenvalue weighted by atomic mass is 10.1. The van der Waals surface area contributed by atoms with Crippen LogP contribution >= 0.6 is 11.6 Å². The summed E-state index contributed by atoms with van der Waals surface area (Å²) in [6, 6.07) is 6.14. The van der Waals surface area contributed by atoms with Crippen LogP contribution in [0.25, 0.3) is 0 Å². The van der Waals surface area contributed by atoms with E-state index in [2.05, 4.69) is 9.97 Å².